The van der Waals surface area contributed by atoms with Gasteiger partial charge in [0.25, 0.3) is 0 Å². The fourth-order valence-electron chi connectivity index (χ4n) is 4.15. The number of aliphatic carboxylic acids is 2. The molecule has 12 heteroatoms. The first-order valence-electron chi connectivity index (χ1n) is 9.84. The highest BCUT2D eigenvalue weighted by Gasteiger charge is 2.52. The van der Waals surface area contributed by atoms with Gasteiger partial charge in [-0.2, -0.15) is 13.2 Å². The van der Waals surface area contributed by atoms with Crippen molar-refractivity contribution in [3.05, 3.63) is 35.6 Å². The van der Waals surface area contributed by atoms with Crippen molar-refractivity contribution in [1.29, 1.82) is 0 Å². The summed E-state index contributed by atoms with van der Waals surface area (Å²) in [4.78, 5) is 37.0. The van der Waals surface area contributed by atoms with Crippen molar-refractivity contribution < 1.29 is 42.2 Å². The second-order valence-electron chi connectivity index (χ2n) is 8.00. The fourth-order valence-corrected chi connectivity index (χ4v) is 4.15. The number of carboxylic acid groups (broad SMARTS) is 2. The van der Waals surface area contributed by atoms with Crippen LogP contribution < -0.4 is 5.32 Å². The van der Waals surface area contributed by atoms with Crippen LogP contribution in [0.3, 0.4) is 0 Å². The van der Waals surface area contributed by atoms with Gasteiger partial charge in [0.05, 0.1) is 5.41 Å². The second-order valence-corrected chi connectivity index (χ2v) is 8.00. The Hall–Kier alpha value is -2.89. The molecule has 2 heterocycles. The Morgan fingerprint density at radius 2 is 1.88 bits per heavy atom. The van der Waals surface area contributed by atoms with Gasteiger partial charge >= 0.3 is 24.1 Å². The van der Waals surface area contributed by atoms with Crippen LogP contribution in [-0.4, -0.2) is 77.4 Å². The molecule has 0 spiro atoms. The summed E-state index contributed by atoms with van der Waals surface area (Å²) in [6.07, 6.45) is -3.82. The summed E-state index contributed by atoms with van der Waals surface area (Å²) >= 11 is 0. The number of hydrogen-bond acceptors (Lipinski definition) is 4. The summed E-state index contributed by atoms with van der Waals surface area (Å²) in [7, 11) is 1.92. The molecular weight excluding hydrogens is 438 g/mol. The Morgan fingerprint density at radius 1 is 1.22 bits per heavy atom. The monoisotopic (exact) mass is 463 g/mol. The Morgan fingerprint density at radius 3 is 2.44 bits per heavy atom. The fraction of sp³-hybridized carbons (Fsp3) is 0.550. The van der Waals surface area contributed by atoms with E-state index in [0.717, 1.165) is 0 Å². The highest BCUT2D eigenvalue weighted by Crippen LogP contribution is 2.42. The lowest BCUT2D eigenvalue weighted by Gasteiger charge is -2.29. The maximum absolute atomic E-state index is 13.2. The molecule has 0 bridgehead atoms. The molecule has 2 aliphatic rings. The van der Waals surface area contributed by atoms with E-state index in [9.17, 15) is 32.3 Å². The van der Waals surface area contributed by atoms with Gasteiger partial charge in [-0.05, 0) is 37.6 Å². The van der Waals surface area contributed by atoms with Crippen LogP contribution in [0.15, 0.2) is 24.3 Å². The third-order valence-electron chi connectivity index (χ3n) is 5.65. The van der Waals surface area contributed by atoms with Gasteiger partial charge in [-0.15, -0.1) is 0 Å². The van der Waals surface area contributed by atoms with Gasteiger partial charge in [-0.1, -0.05) is 12.1 Å². The minimum Gasteiger partial charge on any atom is -0.481 e. The molecule has 2 saturated heterocycles. The summed E-state index contributed by atoms with van der Waals surface area (Å²) in [6, 6.07) is 5.90. The van der Waals surface area contributed by atoms with E-state index in [1.807, 2.05) is 11.9 Å². The van der Waals surface area contributed by atoms with Gasteiger partial charge in [0, 0.05) is 38.6 Å². The van der Waals surface area contributed by atoms with E-state index in [-0.39, 0.29) is 24.3 Å². The van der Waals surface area contributed by atoms with Crippen LogP contribution in [0.4, 0.5) is 22.4 Å². The number of nitrogens with zero attached hydrogens (tertiary/aromatic N) is 2. The molecule has 8 nitrogen and oxygen atoms in total. The first-order chi connectivity index (χ1) is 14.8. The number of alkyl halides is 3. The third-order valence-corrected chi connectivity index (χ3v) is 5.65. The number of carboxylic acids is 2. The van der Waals surface area contributed by atoms with Crippen LogP contribution in [0, 0.1) is 17.2 Å². The molecule has 0 aliphatic carbocycles. The van der Waals surface area contributed by atoms with Crippen LogP contribution in [0.5, 0.6) is 0 Å². The Bertz CT molecular complexity index is 851. The van der Waals surface area contributed by atoms with Crippen LogP contribution in [0.1, 0.15) is 18.4 Å². The quantitative estimate of drug-likeness (QED) is 0.594. The molecule has 32 heavy (non-hydrogen) atoms. The molecule has 3 N–H and O–H groups in total. The number of amides is 2. The number of carbonyl (C=O) groups excluding carboxylic acids is 1. The third kappa shape index (κ3) is 6.31. The van der Waals surface area contributed by atoms with Crippen LogP contribution in [0.2, 0.25) is 0 Å². The van der Waals surface area contributed by atoms with Gasteiger partial charge in [0.2, 0.25) is 0 Å². The lowest BCUT2D eigenvalue weighted by Crippen LogP contribution is -2.45. The summed E-state index contributed by atoms with van der Waals surface area (Å²) in [6.45, 7) is 2.45. The van der Waals surface area contributed by atoms with Crippen molar-refractivity contribution in [2.45, 2.75) is 25.6 Å². The zero-order valence-corrected chi connectivity index (χ0v) is 17.4. The second kappa shape index (κ2) is 10.2. The number of carbonyl (C=O) groups is 3. The molecule has 3 rings (SSSR count). The molecule has 0 unspecified atom stereocenters. The number of fused-ring (bicyclic) bond motifs is 1. The Kier molecular flexibility index (Phi) is 8.05. The van der Waals surface area contributed by atoms with Crippen molar-refractivity contribution >= 4 is 18.0 Å². The van der Waals surface area contributed by atoms with Crippen molar-refractivity contribution in [3.8, 4) is 0 Å². The van der Waals surface area contributed by atoms with Crippen molar-refractivity contribution in [3.63, 3.8) is 0 Å². The minimum atomic E-state index is -5.08. The van der Waals surface area contributed by atoms with E-state index in [0.29, 0.717) is 44.6 Å². The highest BCUT2D eigenvalue weighted by atomic mass is 19.4. The van der Waals surface area contributed by atoms with Gasteiger partial charge in [0.15, 0.2) is 0 Å². The smallest absolute Gasteiger partial charge is 0.481 e. The van der Waals surface area contributed by atoms with Crippen molar-refractivity contribution in [2.24, 2.45) is 11.3 Å². The normalized spacial score (nSPS) is 23.4. The van der Waals surface area contributed by atoms with Crippen LogP contribution >= 0.6 is 0 Å². The molecule has 0 aromatic heterocycles. The summed E-state index contributed by atoms with van der Waals surface area (Å²) in [5.74, 6) is -3.92. The first-order valence-corrected chi connectivity index (χ1v) is 9.84. The highest BCUT2D eigenvalue weighted by molar-refractivity contribution is 5.77. The number of urea groups is 1. The molecule has 2 aliphatic heterocycles. The van der Waals surface area contributed by atoms with E-state index in [4.69, 9.17) is 9.90 Å². The average Bonchev–Trinajstić information content (AvgIpc) is 2.90. The summed E-state index contributed by atoms with van der Waals surface area (Å²) in [5.41, 5.74) is -0.0598. The maximum Gasteiger partial charge on any atom is 0.490 e. The zero-order chi connectivity index (χ0) is 24.1. The number of halogens is 4. The first kappa shape index (κ1) is 25.4. The molecule has 1 aromatic carbocycles. The zero-order valence-electron chi connectivity index (χ0n) is 17.4. The molecular formula is C20H25F4N3O5. The minimum absolute atomic E-state index is 0.0718. The topological polar surface area (TPSA) is 110 Å². The number of likely N-dealkylation sites (tertiary alicyclic amines) is 2. The van der Waals surface area contributed by atoms with Gasteiger partial charge < -0.3 is 25.3 Å². The van der Waals surface area contributed by atoms with E-state index in [1.165, 1.54) is 12.1 Å². The van der Waals surface area contributed by atoms with Gasteiger partial charge in [-0.25, -0.2) is 14.0 Å². The van der Waals surface area contributed by atoms with E-state index in [2.05, 4.69) is 5.32 Å². The molecule has 178 valence electrons. The summed E-state index contributed by atoms with van der Waals surface area (Å²) < 4.78 is 45.0. The van der Waals surface area contributed by atoms with Crippen LogP contribution in [0.25, 0.3) is 0 Å². The Balaban J connectivity index is 0.000000451. The lowest BCUT2D eigenvalue weighted by molar-refractivity contribution is -0.192. The lowest BCUT2D eigenvalue weighted by atomic mass is 9.75. The average molecular weight is 463 g/mol. The Labute approximate surface area is 181 Å². The largest absolute Gasteiger partial charge is 0.490 e. The molecule has 2 fully saturated rings. The predicted octanol–water partition coefficient (Wildman–Crippen LogP) is 2.40. The van der Waals surface area contributed by atoms with Crippen LogP contribution in [-0.2, 0) is 16.1 Å². The molecule has 0 radical (unpaired) electrons. The van der Waals surface area contributed by atoms with E-state index < -0.39 is 23.5 Å². The maximum atomic E-state index is 13.2. The summed E-state index contributed by atoms with van der Waals surface area (Å²) in [5, 5.41) is 19.7. The SMILES string of the molecule is CN1C[C@@H]2CN(C(=O)NCc3cccc(F)c3)CCC[C@]2(C(=O)O)C1.O=C(O)C(F)(F)F. The van der Waals surface area contributed by atoms with E-state index in [1.54, 1.807) is 17.0 Å². The van der Waals surface area contributed by atoms with Crippen molar-refractivity contribution in [2.75, 3.05) is 33.2 Å². The predicted molar refractivity (Wildman–Crippen MR) is 104 cm³/mol. The molecule has 1 aromatic rings. The number of nitrogens with one attached hydrogen (secondary N) is 1. The molecule has 2 amide bonds. The van der Waals surface area contributed by atoms with Crippen molar-refractivity contribution in [1.82, 2.24) is 15.1 Å². The van der Waals surface area contributed by atoms with Gasteiger partial charge in [-0.3, -0.25) is 4.79 Å². The number of benzene rings is 1. The molecule has 0 saturated carbocycles. The van der Waals surface area contributed by atoms with E-state index >= 15 is 0 Å². The standard InChI is InChI=1S/C18H24FN3O3.C2HF3O2/c1-21-10-14-11-22(7-3-6-18(14,12-21)16(23)24)17(25)20-9-13-4-2-5-15(19)8-13;3-2(4,5)1(6)7/h2,4-5,8,14H,3,6-7,9-12H2,1H3,(H,20,25)(H,23,24);(H,6,7)/t14-,18+;/m1./s1. The van der Waals surface area contributed by atoms with Gasteiger partial charge in [0.1, 0.15) is 5.82 Å². The molecule has 2 atom stereocenters. The number of rotatable bonds is 3. The number of hydrogen-bond donors (Lipinski definition) is 3.